The SMILES string of the molecule is COc1ccc(COc2cnc(COC(C)=O)cc2C#C[Si](C)(C)C)cc1.O=C(O)C(F)(F)F. The van der Waals surface area contributed by atoms with Crippen molar-refractivity contribution >= 4 is 20.0 Å². The number of aliphatic carboxylic acids is 1. The van der Waals surface area contributed by atoms with E-state index in [0.29, 0.717) is 18.1 Å². The van der Waals surface area contributed by atoms with E-state index in [1.54, 1.807) is 13.3 Å². The van der Waals surface area contributed by atoms with E-state index in [1.165, 1.54) is 6.92 Å². The summed E-state index contributed by atoms with van der Waals surface area (Å²) in [5.74, 6) is 1.54. The van der Waals surface area contributed by atoms with E-state index < -0.39 is 20.2 Å². The molecular formula is C23H26F3NO6Si. The van der Waals surface area contributed by atoms with Crippen molar-refractivity contribution in [2.45, 2.75) is 46.0 Å². The molecular weight excluding hydrogens is 471 g/mol. The number of hydrogen-bond donors (Lipinski definition) is 1. The molecule has 34 heavy (non-hydrogen) atoms. The van der Waals surface area contributed by atoms with Crippen molar-refractivity contribution in [2.75, 3.05) is 7.11 Å². The third-order valence-corrected chi connectivity index (χ3v) is 4.59. The van der Waals surface area contributed by atoms with Crippen LogP contribution in [0.4, 0.5) is 13.2 Å². The number of alkyl halides is 3. The molecule has 1 aromatic heterocycles. The molecule has 2 aromatic rings. The van der Waals surface area contributed by atoms with E-state index in [2.05, 4.69) is 36.1 Å². The third-order valence-electron chi connectivity index (χ3n) is 3.72. The van der Waals surface area contributed by atoms with Gasteiger partial charge in [0.2, 0.25) is 0 Å². The number of aromatic nitrogens is 1. The summed E-state index contributed by atoms with van der Waals surface area (Å²) >= 11 is 0. The first-order valence-corrected chi connectivity index (χ1v) is 13.4. The van der Waals surface area contributed by atoms with E-state index in [-0.39, 0.29) is 12.6 Å². The monoisotopic (exact) mass is 497 g/mol. The van der Waals surface area contributed by atoms with Crippen LogP contribution in [0.15, 0.2) is 36.5 Å². The van der Waals surface area contributed by atoms with Crippen LogP contribution in [0.2, 0.25) is 19.6 Å². The number of carboxylic acid groups (broad SMARTS) is 1. The lowest BCUT2D eigenvalue weighted by Crippen LogP contribution is -2.21. The maximum Gasteiger partial charge on any atom is 0.490 e. The number of halogens is 3. The van der Waals surface area contributed by atoms with Gasteiger partial charge in [0, 0.05) is 6.92 Å². The first kappa shape index (κ1) is 28.5. The highest BCUT2D eigenvalue weighted by Crippen LogP contribution is 2.21. The Hall–Kier alpha value is -3.52. The molecule has 11 heteroatoms. The molecule has 0 saturated carbocycles. The van der Waals surface area contributed by atoms with Crippen molar-refractivity contribution in [1.29, 1.82) is 0 Å². The normalized spacial score (nSPS) is 10.7. The van der Waals surface area contributed by atoms with Crippen LogP contribution in [0.25, 0.3) is 0 Å². The zero-order valence-corrected chi connectivity index (χ0v) is 20.4. The van der Waals surface area contributed by atoms with Crippen molar-refractivity contribution in [1.82, 2.24) is 4.98 Å². The fraction of sp³-hybridized carbons (Fsp3) is 0.348. The molecule has 0 aliphatic rings. The molecule has 0 aliphatic heterocycles. The first-order valence-electron chi connectivity index (χ1n) is 9.92. The molecule has 0 saturated heterocycles. The number of carbonyl (C=O) groups is 2. The number of ether oxygens (including phenoxy) is 3. The Labute approximate surface area is 196 Å². The molecule has 1 aromatic carbocycles. The van der Waals surface area contributed by atoms with Crippen LogP contribution in [-0.2, 0) is 27.5 Å². The van der Waals surface area contributed by atoms with Crippen molar-refractivity contribution in [3.63, 3.8) is 0 Å². The molecule has 0 fully saturated rings. The van der Waals surface area contributed by atoms with Crippen molar-refractivity contribution in [3.05, 3.63) is 53.3 Å². The number of nitrogens with zero attached hydrogens (tertiary/aromatic N) is 1. The number of carbonyl (C=O) groups excluding carboxylic acids is 1. The molecule has 1 N–H and O–H groups in total. The maximum absolute atomic E-state index is 11.0. The van der Waals surface area contributed by atoms with Gasteiger partial charge in [-0.15, -0.1) is 5.54 Å². The average molecular weight is 498 g/mol. The fourth-order valence-corrected chi connectivity index (χ4v) is 2.60. The highest BCUT2D eigenvalue weighted by atomic mass is 28.3. The van der Waals surface area contributed by atoms with Gasteiger partial charge in [0.25, 0.3) is 0 Å². The number of methoxy groups -OCH3 is 1. The predicted octanol–water partition coefficient (Wildman–Crippen LogP) is 4.59. The van der Waals surface area contributed by atoms with Crippen LogP contribution in [0.3, 0.4) is 0 Å². The van der Waals surface area contributed by atoms with Gasteiger partial charge in [0.15, 0.2) is 5.75 Å². The van der Waals surface area contributed by atoms with Crippen LogP contribution < -0.4 is 9.47 Å². The molecule has 184 valence electrons. The van der Waals surface area contributed by atoms with Crippen molar-refractivity contribution < 1.29 is 42.1 Å². The van der Waals surface area contributed by atoms with Gasteiger partial charge in [-0.1, -0.05) is 37.7 Å². The summed E-state index contributed by atoms with van der Waals surface area (Å²) in [4.78, 5) is 24.2. The number of hydrogen-bond acceptors (Lipinski definition) is 6. The molecule has 0 atom stereocenters. The summed E-state index contributed by atoms with van der Waals surface area (Å²) in [5.41, 5.74) is 5.75. The summed E-state index contributed by atoms with van der Waals surface area (Å²) in [7, 11) is 0.0865. The highest BCUT2D eigenvalue weighted by Gasteiger charge is 2.38. The second kappa shape index (κ2) is 12.6. The molecule has 2 rings (SSSR count). The van der Waals surface area contributed by atoms with E-state index >= 15 is 0 Å². The van der Waals surface area contributed by atoms with E-state index in [1.807, 2.05) is 30.3 Å². The van der Waals surface area contributed by atoms with Crippen LogP contribution >= 0.6 is 0 Å². The summed E-state index contributed by atoms with van der Waals surface area (Å²) in [6.45, 7) is 8.43. The minimum Gasteiger partial charge on any atom is -0.497 e. The summed E-state index contributed by atoms with van der Waals surface area (Å²) < 4.78 is 47.9. The van der Waals surface area contributed by atoms with Gasteiger partial charge in [0.1, 0.15) is 27.0 Å². The lowest BCUT2D eigenvalue weighted by atomic mass is 10.2. The Balaban J connectivity index is 0.000000718. The van der Waals surface area contributed by atoms with Crippen LogP contribution in [0, 0.1) is 11.5 Å². The fourth-order valence-electron chi connectivity index (χ4n) is 2.09. The van der Waals surface area contributed by atoms with Crippen molar-refractivity contribution in [2.24, 2.45) is 0 Å². The van der Waals surface area contributed by atoms with Gasteiger partial charge in [0.05, 0.1) is 24.6 Å². The number of rotatable bonds is 6. The van der Waals surface area contributed by atoms with Gasteiger partial charge >= 0.3 is 18.1 Å². The van der Waals surface area contributed by atoms with Crippen LogP contribution in [0.1, 0.15) is 23.7 Å². The standard InChI is InChI=1S/C21H25NO4Si.C2HF3O2/c1-16(23)25-15-19-12-18(10-11-27(3,4)5)21(13-22-19)26-14-17-6-8-20(24-2)9-7-17;3-2(4,5)1(6)7/h6-9,12-13H,14-15H2,1-5H3;(H,6,7). The summed E-state index contributed by atoms with van der Waals surface area (Å²) in [6, 6.07) is 9.51. The van der Waals surface area contributed by atoms with Gasteiger partial charge < -0.3 is 19.3 Å². The Bertz CT molecular complexity index is 1040. The minimum atomic E-state index is -5.08. The number of benzene rings is 1. The van der Waals surface area contributed by atoms with E-state index in [4.69, 9.17) is 24.1 Å². The van der Waals surface area contributed by atoms with Gasteiger partial charge in [-0.25, -0.2) is 4.79 Å². The molecule has 0 amide bonds. The lowest BCUT2D eigenvalue weighted by Gasteiger charge is -2.11. The van der Waals surface area contributed by atoms with Gasteiger partial charge in [-0.2, -0.15) is 13.2 Å². The van der Waals surface area contributed by atoms with Crippen LogP contribution in [-0.4, -0.2) is 43.4 Å². The van der Waals surface area contributed by atoms with E-state index in [0.717, 1.165) is 16.9 Å². The quantitative estimate of drug-likeness (QED) is 0.354. The molecule has 7 nitrogen and oxygen atoms in total. The third kappa shape index (κ3) is 11.4. The maximum atomic E-state index is 11.0. The second-order valence-electron chi connectivity index (χ2n) is 7.89. The topological polar surface area (TPSA) is 95.0 Å². The molecule has 0 unspecified atom stereocenters. The molecule has 0 bridgehead atoms. The molecule has 1 heterocycles. The lowest BCUT2D eigenvalue weighted by molar-refractivity contribution is -0.192. The van der Waals surface area contributed by atoms with Gasteiger partial charge in [-0.3, -0.25) is 9.78 Å². The molecule has 0 radical (unpaired) electrons. The minimum absolute atomic E-state index is 0.121. The Morgan fingerprint density at radius 1 is 1.12 bits per heavy atom. The number of pyridine rings is 1. The van der Waals surface area contributed by atoms with Crippen molar-refractivity contribution in [3.8, 4) is 23.0 Å². The van der Waals surface area contributed by atoms with E-state index in [9.17, 15) is 18.0 Å². The van der Waals surface area contributed by atoms with Gasteiger partial charge in [-0.05, 0) is 23.8 Å². The number of carboxylic acids is 1. The zero-order valence-electron chi connectivity index (χ0n) is 19.4. The Kier molecular flexibility index (Phi) is 10.6. The Morgan fingerprint density at radius 2 is 1.71 bits per heavy atom. The Morgan fingerprint density at radius 3 is 2.18 bits per heavy atom. The number of esters is 1. The summed E-state index contributed by atoms with van der Waals surface area (Å²) in [6.07, 6.45) is -3.45. The zero-order chi connectivity index (χ0) is 25.9. The highest BCUT2D eigenvalue weighted by molar-refractivity contribution is 6.83. The second-order valence-corrected chi connectivity index (χ2v) is 12.6. The first-order chi connectivity index (χ1) is 15.7. The summed E-state index contributed by atoms with van der Waals surface area (Å²) in [5, 5.41) is 7.12. The average Bonchev–Trinajstić information content (AvgIpc) is 2.75. The smallest absolute Gasteiger partial charge is 0.490 e. The molecule has 0 aliphatic carbocycles. The molecule has 0 spiro atoms. The largest absolute Gasteiger partial charge is 0.497 e. The predicted molar refractivity (Wildman–Crippen MR) is 121 cm³/mol. The van der Waals surface area contributed by atoms with Crippen LogP contribution in [0.5, 0.6) is 11.5 Å².